The summed E-state index contributed by atoms with van der Waals surface area (Å²) in [6, 6.07) is 0. The summed E-state index contributed by atoms with van der Waals surface area (Å²) in [6.07, 6.45) is 0. The van der Waals surface area contributed by atoms with Crippen LogP contribution in [0.25, 0.3) is 0 Å². The molecular formula is C10H7BF4NO3. The Morgan fingerprint density at radius 2 is 1.42 bits per heavy atom. The van der Waals surface area contributed by atoms with Gasteiger partial charge in [-0.25, -0.2) is 22.4 Å². The van der Waals surface area contributed by atoms with Gasteiger partial charge < -0.3 is 9.92 Å². The third-order valence-corrected chi connectivity index (χ3v) is 2.40. The van der Waals surface area contributed by atoms with E-state index >= 15 is 0 Å². The summed E-state index contributed by atoms with van der Waals surface area (Å²) < 4.78 is 52.9. The Morgan fingerprint density at radius 3 is 1.79 bits per heavy atom. The van der Waals surface area contributed by atoms with Crippen LogP contribution in [0, 0.1) is 23.3 Å². The Kier molecular flexibility index (Phi) is 4.18. The monoisotopic (exact) mass is 276 g/mol. The van der Waals surface area contributed by atoms with Gasteiger partial charge in [0.05, 0.1) is 5.56 Å². The average molecular weight is 276 g/mol. The predicted octanol–water partition coefficient (Wildman–Crippen LogP) is 1.68. The molecule has 0 aliphatic rings. The number of hydrogen-bond donors (Lipinski definition) is 1. The second-order valence-electron chi connectivity index (χ2n) is 3.49. The Morgan fingerprint density at radius 1 is 1.00 bits per heavy atom. The van der Waals surface area contributed by atoms with Crippen LogP contribution in [-0.2, 0) is 0 Å². The van der Waals surface area contributed by atoms with E-state index in [1.165, 1.54) is 6.82 Å². The second-order valence-corrected chi connectivity index (χ2v) is 3.49. The van der Waals surface area contributed by atoms with Crippen molar-refractivity contribution in [1.82, 2.24) is 4.81 Å². The maximum atomic E-state index is 13.5. The molecule has 0 unspecified atom stereocenters. The van der Waals surface area contributed by atoms with E-state index in [0.29, 0.717) is 4.81 Å². The van der Waals surface area contributed by atoms with Gasteiger partial charge in [0.1, 0.15) is 5.56 Å². The minimum Gasteiger partial charge on any atom is -0.478 e. The van der Waals surface area contributed by atoms with Gasteiger partial charge in [-0.2, -0.15) is 0 Å². The highest BCUT2D eigenvalue weighted by Gasteiger charge is 2.33. The second kappa shape index (κ2) is 5.29. The number of benzene rings is 1. The zero-order valence-corrected chi connectivity index (χ0v) is 9.80. The van der Waals surface area contributed by atoms with Crippen molar-refractivity contribution in [1.29, 1.82) is 0 Å². The molecule has 0 aromatic heterocycles. The summed E-state index contributed by atoms with van der Waals surface area (Å²) in [5, 5.41) is 8.71. The van der Waals surface area contributed by atoms with E-state index in [1.54, 1.807) is 0 Å². The van der Waals surface area contributed by atoms with Crippen LogP contribution in [0.4, 0.5) is 17.6 Å². The Balaban J connectivity index is 3.71. The lowest BCUT2D eigenvalue weighted by molar-refractivity contribution is 0.0679. The summed E-state index contributed by atoms with van der Waals surface area (Å²) in [6.45, 7) is 1.35. The molecule has 0 aliphatic heterocycles. The zero-order chi connectivity index (χ0) is 14.9. The smallest absolute Gasteiger partial charge is 0.339 e. The number of amides is 1. The lowest BCUT2D eigenvalue weighted by Gasteiger charge is -2.17. The van der Waals surface area contributed by atoms with Crippen molar-refractivity contribution in [2.45, 2.75) is 6.82 Å². The standard InChI is InChI=1S/C10H7BF4NO3/c1-11-16(2)9(17)3-4(10(18)19)6(13)8(15)7(14)5(3)12/h1-2H3,(H,18,19). The molecule has 101 valence electrons. The number of rotatable bonds is 3. The Hall–Kier alpha value is -2.06. The van der Waals surface area contributed by atoms with Gasteiger partial charge in [-0.3, -0.25) is 4.79 Å². The van der Waals surface area contributed by atoms with Crippen molar-refractivity contribution >= 4 is 19.3 Å². The number of carboxylic acid groups (broad SMARTS) is 1. The van der Waals surface area contributed by atoms with E-state index in [1.807, 2.05) is 0 Å². The molecule has 4 nitrogen and oxygen atoms in total. The van der Waals surface area contributed by atoms with Gasteiger partial charge in [-0.1, -0.05) is 6.82 Å². The molecule has 1 aromatic carbocycles. The van der Waals surface area contributed by atoms with E-state index in [4.69, 9.17) is 5.11 Å². The molecule has 0 saturated carbocycles. The molecule has 1 N–H and O–H groups in total. The molecule has 1 amide bonds. The fraction of sp³-hybridized carbons (Fsp3) is 0.200. The fourth-order valence-corrected chi connectivity index (χ4v) is 1.33. The molecule has 9 heteroatoms. The lowest BCUT2D eigenvalue weighted by atomic mass is 9.94. The highest BCUT2D eigenvalue weighted by molar-refractivity contribution is 6.36. The average Bonchev–Trinajstić information content (AvgIpc) is 2.37. The molecule has 0 fully saturated rings. The Labute approximate surface area is 105 Å². The molecule has 0 bridgehead atoms. The topological polar surface area (TPSA) is 57.6 Å². The summed E-state index contributed by atoms with van der Waals surface area (Å²) in [7, 11) is 2.24. The van der Waals surface area contributed by atoms with Gasteiger partial charge in [0.25, 0.3) is 0 Å². The van der Waals surface area contributed by atoms with Gasteiger partial charge in [-0.05, 0) is 7.05 Å². The van der Waals surface area contributed by atoms with Crippen LogP contribution in [0.1, 0.15) is 20.7 Å². The Bertz CT molecular complexity index is 564. The van der Waals surface area contributed by atoms with Gasteiger partial charge in [0.2, 0.25) is 13.3 Å². The van der Waals surface area contributed by atoms with Crippen LogP contribution in [-0.4, -0.2) is 36.3 Å². The number of hydrogen-bond acceptors (Lipinski definition) is 2. The summed E-state index contributed by atoms with van der Waals surface area (Å²) >= 11 is 0. The molecule has 0 spiro atoms. The van der Waals surface area contributed by atoms with E-state index in [-0.39, 0.29) is 0 Å². The van der Waals surface area contributed by atoms with Crippen molar-refractivity contribution in [2.24, 2.45) is 0 Å². The minimum absolute atomic E-state index is 0.710. The normalized spacial score (nSPS) is 10.2. The minimum atomic E-state index is -2.28. The van der Waals surface area contributed by atoms with Gasteiger partial charge in [0.15, 0.2) is 23.3 Å². The summed E-state index contributed by atoms with van der Waals surface area (Å²) in [5.41, 5.74) is -2.92. The van der Waals surface area contributed by atoms with Gasteiger partial charge in [-0.15, -0.1) is 0 Å². The van der Waals surface area contributed by atoms with E-state index in [0.717, 1.165) is 14.5 Å². The molecule has 0 saturated heterocycles. The highest BCUT2D eigenvalue weighted by Crippen LogP contribution is 2.25. The van der Waals surface area contributed by atoms with Crippen LogP contribution >= 0.6 is 0 Å². The first-order valence-electron chi connectivity index (χ1n) is 4.89. The number of nitrogens with zero attached hydrogens (tertiary/aromatic N) is 1. The number of halogens is 4. The van der Waals surface area contributed by atoms with Crippen LogP contribution in [0.5, 0.6) is 0 Å². The first-order chi connectivity index (χ1) is 8.73. The first-order valence-corrected chi connectivity index (χ1v) is 4.89. The molecule has 0 atom stereocenters. The van der Waals surface area contributed by atoms with Crippen molar-refractivity contribution in [2.75, 3.05) is 7.05 Å². The first kappa shape index (κ1) is 15.0. The third kappa shape index (κ3) is 2.40. The molecular weight excluding hydrogens is 269 g/mol. The predicted molar refractivity (Wildman–Crippen MR) is 56.9 cm³/mol. The summed E-state index contributed by atoms with van der Waals surface area (Å²) in [5.74, 6) is -12.1. The number of carbonyl (C=O) groups is 2. The van der Waals surface area contributed by atoms with E-state index < -0.39 is 46.3 Å². The van der Waals surface area contributed by atoms with Crippen molar-refractivity contribution in [3.8, 4) is 0 Å². The van der Waals surface area contributed by atoms with Crippen molar-refractivity contribution < 1.29 is 32.3 Å². The quantitative estimate of drug-likeness (QED) is 0.395. The van der Waals surface area contributed by atoms with Gasteiger partial charge >= 0.3 is 5.97 Å². The maximum absolute atomic E-state index is 13.5. The molecule has 1 rings (SSSR count). The zero-order valence-electron chi connectivity index (χ0n) is 9.80. The molecule has 19 heavy (non-hydrogen) atoms. The number of carbonyl (C=O) groups excluding carboxylic acids is 1. The van der Waals surface area contributed by atoms with Crippen molar-refractivity contribution in [3.05, 3.63) is 34.4 Å². The largest absolute Gasteiger partial charge is 0.478 e. The lowest BCUT2D eigenvalue weighted by Crippen LogP contribution is -2.32. The number of carboxylic acids is 1. The van der Waals surface area contributed by atoms with E-state index in [2.05, 4.69) is 0 Å². The van der Waals surface area contributed by atoms with Crippen molar-refractivity contribution in [3.63, 3.8) is 0 Å². The molecule has 0 heterocycles. The van der Waals surface area contributed by atoms with Crippen LogP contribution < -0.4 is 0 Å². The maximum Gasteiger partial charge on any atom is 0.339 e. The molecule has 0 aliphatic carbocycles. The summed E-state index contributed by atoms with van der Waals surface area (Å²) in [4.78, 5) is 23.2. The molecule has 1 aromatic rings. The highest BCUT2D eigenvalue weighted by atomic mass is 19.2. The van der Waals surface area contributed by atoms with Crippen LogP contribution in [0.15, 0.2) is 0 Å². The van der Waals surface area contributed by atoms with Crippen LogP contribution in [0.2, 0.25) is 6.82 Å². The number of aromatic carboxylic acids is 1. The SMILES string of the molecule is C[B]N(C)C(=O)c1c(F)c(F)c(F)c(F)c1C(=O)O. The molecule has 1 radical (unpaired) electrons. The fourth-order valence-electron chi connectivity index (χ4n) is 1.33. The van der Waals surface area contributed by atoms with Gasteiger partial charge in [0, 0.05) is 0 Å². The van der Waals surface area contributed by atoms with Crippen LogP contribution in [0.3, 0.4) is 0 Å². The van der Waals surface area contributed by atoms with E-state index in [9.17, 15) is 27.2 Å². The third-order valence-electron chi connectivity index (χ3n) is 2.40.